The van der Waals surface area contributed by atoms with E-state index in [4.69, 9.17) is 23.7 Å². The quantitative estimate of drug-likeness (QED) is 0.111. The third kappa shape index (κ3) is 10.7. The summed E-state index contributed by atoms with van der Waals surface area (Å²) in [6.07, 6.45) is -5.29. The summed E-state index contributed by atoms with van der Waals surface area (Å²) in [5, 5.41) is 25.6. The summed E-state index contributed by atoms with van der Waals surface area (Å²) in [6, 6.07) is 33.0. The van der Waals surface area contributed by atoms with Gasteiger partial charge in [0.2, 0.25) is 10.8 Å². The van der Waals surface area contributed by atoms with Crippen LogP contribution in [0.3, 0.4) is 0 Å². The van der Waals surface area contributed by atoms with Crippen LogP contribution >= 0.6 is 11.8 Å². The zero-order valence-electron chi connectivity index (χ0n) is 28.9. The van der Waals surface area contributed by atoms with Gasteiger partial charge in [-0.15, -0.1) is 11.8 Å². The van der Waals surface area contributed by atoms with Crippen LogP contribution in [0.1, 0.15) is 38.3 Å². The number of aliphatic hydroxyl groups excluding tert-OH is 2. The highest BCUT2D eigenvalue weighted by Crippen LogP contribution is 2.41. The van der Waals surface area contributed by atoms with Gasteiger partial charge in [-0.05, 0) is 41.6 Å². The van der Waals surface area contributed by atoms with Gasteiger partial charge >= 0.3 is 17.9 Å². The first-order chi connectivity index (χ1) is 25.7. The first-order valence-electron chi connectivity index (χ1n) is 16.9. The van der Waals surface area contributed by atoms with Crippen molar-refractivity contribution < 1.29 is 53.1 Å². The lowest BCUT2D eigenvalue weighted by Crippen LogP contribution is -2.67. The largest absolute Gasteiger partial charge is 0.459 e. The number of carbonyl (C=O) groups is 4. The van der Waals surface area contributed by atoms with Gasteiger partial charge in [-0.25, -0.2) is 14.4 Å². The van der Waals surface area contributed by atoms with Crippen molar-refractivity contribution in [3.05, 3.63) is 144 Å². The van der Waals surface area contributed by atoms with Crippen LogP contribution in [0.15, 0.2) is 121 Å². The number of ether oxygens (including phenoxy) is 5. The smallest absolute Gasteiger partial charge is 0.349 e. The minimum Gasteiger partial charge on any atom is -0.459 e. The van der Waals surface area contributed by atoms with Crippen molar-refractivity contribution >= 4 is 35.6 Å². The highest BCUT2D eigenvalue weighted by atomic mass is 32.2. The number of thioether (sulfide) groups is 1. The number of hydrogen-bond acceptors (Lipinski definition) is 12. The fourth-order valence-electron chi connectivity index (χ4n) is 5.68. The highest BCUT2D eigenvalue weighted by molar-refractivity contribution is 8.00. The van der Waals surface area contributed by atoms with Crippen LogP contribution in [0, 0.1) is 0 Å². The SMILES string of the molecule is CS[C@]1(C(=O)OCc2ccccc2)C[C@H](OC(=O)c2ccccc2)[C@@H](NC(=O)COCc2ccccc2)[C@H]([C@H](O)[C@H](O)COC(=O)c2ccccc2)O1. The maximum absolute atomic E-state index is 13.9. The fraction of sp³-hybridized carbons (Fsp3) is 0.300. The number of carbonyl (C=O) groups excluding carboxylic acids is 4. The summed E-state index contributed by atoms with van der Waals surface area (Å²) >= 11 is 0.940. The van der Waals surface area contributed by atoms with Gasteiger partial charge in [-0.1, -0.05) is 97.1 Å². The Labute approximate surface area is 311 Å². The van der Waals surface area contributed by atoms with E-state index in [1.54, 1.807) is 79.1 Å². The van der Waals surface area contributed by atoms with Gasteiger partial charge in [0.05, 0.1) is 23.8 Å². The summed E-state index contributed by atoms with van der Waals surface area (Å²) in [5.74, 6) is -3.01. The summed E-state index contributed by atoms with van der Waals surface area (Å²) in [5.41, 5.74) is 1.95. The maximum atomic E-state index is 13.9. The molecule has 0 radical (unpaired) electrons. The number of benzene rings is 4. The molecule has 0 aliphatic carbocycles. The third-order valence-corrected chi connectivity index (χ3v) is 9.56. The molecule has 278 valence electrons. The van der Waals surface area contributed by atoms with E-state index in [9.17, 15) is 29.4 Å². The number of nitrogens with one attached hydrogen (secondary N) is 1. The Balaban J connectivity index is 1.42. The van der Waals surface area contributed by atoms with Crippen molar-refractivity contribution in [3.8, 4) is 0 Å². The topological polar surface area (TPSA) is 167 Å². The molecule has 0 saturated carbocycles. The summed E-state index contributed by atoms with van der Waals surface area (Å²) < 4.78 is 28.9. The lowest BCUT2D eigenvalue weighted by molar-refractivity contribution is -0.209. The van der Waals surface area contributed by atoms with Crippen molar-refractivity contribution in [1.82, 2.24) is 5.32 Å². The van der Waals surface area contributed by atoms with Gasteiger partial charge in [0.1, 0.15) is 44.2 Å². The van der Waals surface area contributed by atoms with Crippen LogP contribution in [0.25, 0.3) is 0 Å². The molecular weight excluding hydrogens is 703 g/mol. The number of rotatable bonds is 16. The van der Waals surface area contributed by atoms with E-state index in [1.165, 1.54) is 12.1 Å². The molecule has 6 atom stereocenters. The maximum Gasteiger partial charge on any atom is 0.349 e. The molecule has 3 N–H and O–H groups in total. The Morgan fingerprint density at radius 3 is 1.87 bits per heavy atom. The van der Waals surface area contributed by atoms with Crippen molar-refractivity contribution in [2.24, 2.45) is 0 Å². The van der Waals surface area contributed by atoms with Gasteiger partial charge in [-0.2, -0.15) is 0 Å². The Morgan fingerprint density at radius 1 is 0.774 bits per heavy atom. The first kappa shape index (κ1) is 39.2. The number of amides is 1. The van der Waals surface area contributed by atoms with Gasteiger partial charge in [0.25, 0.3) is 0 Å². The molecule has 12 nitrogen and oxygen atoms in total. The van der Waals surface area contributed by atoms with E-state index in [0.29, 0.717) is 5.56 Å². The van der Waals surface area contributed by atoms with Gasteiger partial charge < -0.3 is 39.2 Å². The van der Waals surface area contributed by atoms with Crippen LogP contribution < -0.4 is 5.32 Å². The average Bonchev–Trinajstić information content (AvgIpc) is 3.20. The summed E-state index contributed by atoms with van der Waals surface area (Å²) in [6.45, 7) is -1.07. The van der Waals surface area contributed by atoms with Crippen LogP contribution in [0.2, 0.25) is 0 Å². The molecule has 0 spiro atoms. The normalized spacial score (nSPS) is 20.7. The lowest BCUT2D eigenvalue weighted by atomic mass is 9.89. The van der Waals surface area contributed by atoms with Crippen molar-refractivity contribution in [2.75, 3.05) is 19.5 Å². The predicted molar refractivity (Wildman–Crippen MR) is 194 cm³/mol. The Morgan fingerprint density at radius 2 is 1.30 bits per heavy atom. The zero-order valence-corrected chi connectivity index (χ0v) is 29.8. The van der Waals surface area contributed by atoms with Crippen LogP contribution in [-0.4, -0.2) is 88.9 Å². The number of aliphatic hydroxyl groups is 2. The fourth-order valence-corrected chi connectivity index (χ4v) is 6.44. The Kier molecular flexibility index (Phi) is 14.2. The molecule has 13 heteroatoms. The molecule has 1 fully saturated rings. The molecule has 4 aromatic carbocycles. The van der Waals surface area contributed by atoms with E-state index < -0.39 is 72.4 Å². The van der Waals surface area contributed by atoms with E-state index in [2.05, 4.69) is 5.32 Å². The van der Waals surface area contributed by atoms with Gasteiger partial charge in [0, 0.05) is 6.42 Å². The molecule has 1 aliphatic heterocycles. The molecule has 4 aromatic rings. The predicted octanol–water partition coefficient (Wildman–Crippen LogP) is 4.08. The molecule has 53 heavy (non-hydrogen) atoms. The zero-order chi connectivity index (χ0) is 37.6. The van der Waals surface area contributed by atoms with Gasteiger partial charge in [-0.3, -0.25) is 4.79 Å². The van der Waals surface area contributed by atoms with Crippen molar-refractivity contribution in [1.29, 1.82) is 0 Å². The van der Waals surface area contributed by atoms with Gasteiger partial charge in [0.15, 0.2) is 0 Å². The number of hydrogen-bond donors (Lipinski definition) is 3. The third-order valence-electron chi connectivity index (χ3n) is 8.47. The van der Waals surface area contributed by atoms with Crippen LogP contribution in [-0.2, 0) is 46.5 Å². The second-order valence-electron chi connectivity index (χ2n) is 12.2. The minimum absolute atomic E-state index is 0.107. The standard InChI is InChI=1S/C40H41NO11S/c1-53-40(39(47)50-24-28-16-8-3-9-17-28)22-32(51-38(46)30-20-12-5-13-21-30)34(41-33(43)26-48-23-27-14-6-2-7-15-27)36(52-40)35(44)31(42)25-49-37(45)29-18-10-4-11-19-29/h2-21,31-32,34-36,42,44H,22-26H2,1H3,(H,41,43)/t31-,32+,34-,35-,36-,40+/m1/s1. The summed E-state index contributed by atoms with van der Waals surface area (Å²) in [4.78, 5) is 51.6. The lowest BCUT2D eigenvalue weighted by Gasteiger charge is -2.47. The molecule has 1 amide bonds. The highest BCUT2D eigenvalue weighted by Gasteiger charge is 2.57. The van der Waals surface area contributed by atoms with E-state index >= 15 is 0 Å². The molecule has 1 heterocycles. The van der Waals surface area contributed by atoms with Crippen LogP contribution in [0.4, 0.5) is 0 Å². The second-order valence-corrected chi connectivity index (χ2v) is 13.3. The van der Waals surface area contributed by atoms with Crippen LogP contribution in [0.5, 0.6) is 0 Å². The van der Waals surface area contributed by atoms with E-state index in [-0.39, 0.29) is 30.8 Å². The average molecular weight is 744 g/mol. The minimum atomic E-state index is -1.89. The second kappa shape index (κ2) is 19.1. The summed E-state index contributed by atoms with van der Waals surface area (Å²) in [7, 11) is 0. The molecule has 1 aliphatic rings. The molecular formula is C40H41NO11S. The molecule has 5 rings (SSSR count). The van der Waals surface area contributed by atoms with E-state index in [0.717, 1.165) is 17.3 Å². The van der Waals surface area contributed by atoms with E-state index in [1.807, 2.05) is 36.4 Å². The molecule has 0 aromatic heterocycles. The molecule has 1 saturated heterocycles. The monoisotopic (exact) mass is 743 g/mol. The van der Waals surface area contributed by atoms with Crippen molar-refractivity contribution in [2.45, 2.75) is 55.0 Å². The molecule has 0 bridgehead atoms. The molecule has 0 unspecified atom stereocenters. The Hall–Kier alpha value is -5.05. The first-order valence-corrected chi connectivity index (χ1v) is 18.1. The Bertz CT molecular complexity index is 1780. The van der Waals surface area contributed by atoms with Crippen molar-refractivity contribution in [3.63, 3.8) is 0 Å². The number of esters is 3.